The molecule has 1 heterocycles. The minimum Gasteiger partial charge on any atom is -0.494 e. The number of aromatic nitrogens is 3. The molecule has 1 aromatic carbocycles. The van der Waals surface area contributed by atoms with Crippen molar-refractivity contribution in [2.24, 2.45) is 11.7 Å². The molecule has 0 spiro atoms. The summed E-state index contributed by atoms with van der Waals surface area (Å²) in [6, 6.07) is 3.89. The average molecular weight is 302 g/mol. The lowest BCUT2D eigenvalue weighted by Crippen LogP contribution is -2.13. The number of aryl methyl sites for hydroxylation is 2. The highest BCUT2D eigenvalue weighted by Crippen LogP contribution is 2.31. The van der Waals surface area contributed by atoms with Gasteiger partial charge in [0.2, 0.25) is 0 Å². The number of primary amides is 1. The van der Waals surface area contributed by atoms with Crippen LogP contribution in [0, 0.1) is 19.8 Å². The van der Waals surface area contributed by atoms with Crippen molar-refractivity contribution in [2.45, 2.75) is 34.1 Å². The van der Waals surface area contributed by atoms with Gasteiger partial charge in [0.15, 0.2) is 5.69 Å². The van der Waals surface area contributed by atoms with Crippen LogP contribution in [0.1, 0.15) is 41.9 Å². The van der Waals surface area contributed by atoms with Gasteiger partial charge in [0, 0.05) is 5.56 Å². The highest BCUT2D eigenvalue weighted by molar-refractivity contribution is 5.97. The first-order valence-corrected chi connectivity index (χ1v) is 7.35. The maximum absolute atomic E-state index is 11.4. The van der Waals surface area contributed by atoms with E-state index in [0.29, 0.717) is 18.2 Å². The molecule has 2 rings (SSSR count). The Morgan fingerprint density at radius 3 is 2.45 bits per heavy atom. The second kappa shape index (κ2) is 6.60. The molecule has 22 heavy (non-hydrogen) atoms. The lowest BCUT2D eigenvalue weighted by Gasteiger charge is -2.13. The summed E-state index contributed by atoms with van der Waals surface area (Å²) in [5, 5.41) is 10.4. The van der Waals surface area contributed by atoms with Crippen LogP contribution in [0.5, 0.6) is 5.75 Å². The van der Waals surface area contributed by atoms with E-state index in [9.17, 15) is 4.79 Å². The third-order valence-corrected chi connectivity index (χ3v) is 3.49. The first-order valence-electron chi connectivity index (χ1n) is 7.35. The molecule has 1 amide bonds. The van der Waals surface area contributed by atoms with E-state index in [1.165, 1.54) is 0 Å². The van der Waals surface area contributed by atoms with E-state index >= 15 is 0 Å². The van der Waals surface area contributed by atoms with Crippen LogP contribution in [0.3, 0.4) is 0 Å². The van der Waals surface area contributed by atoms with Crippen LogP contribution in [0.2, 0.25) is 0 Å². The third-order valence-electron chi connectivity index (χ3n) is 3.49. The van der Waals surface area contributed by atoms with Crippen molar-refractivity contribution in [1.82, 2.24) is 15.4 Å². The van der Waals surface area contributed by atoms with E-state index in [-0.39, 0.29) is 5.69 Å². The lowest BCUT2D eigenvalue weighted by atomic mass is 9.98. The van der Waals surface area contributed by atoms with Gasteiger partial charge in [-0.15, -0.1) is 0 Å². The summed E-state index contributed by atoms with van der Waals surface area (Å²) in [7, 11) is 0. The molecule has 0 aliphatic rings. The largest absolute Gasteiger partial charge is 0.494 e. The van der Waals surface area contributed by atoms with E-state index < -0.39 is 5.91 Å². The van der Waals surface area contributed by atoms with Gasteiger partial charge in [-0.1, -0.05) is 13.8 Å². The average Bonchev–Trinajstić information content (AvgIpc) is 2.86. The second-order valence-corrected chi connectivity index (χ2v) is 5.85. The minimum atomic E-state index is -0.597. The molecule has 0 unspecified atom stereocenters. The van der Waals surface area contributed by atoms with Crippen LogP contribution in [-0.2, 0) is 0 Å². The molecule has 2 aromatic rings. The standard InChI is InChI=1S/C16H22N4O2/c1-9(2)5-6-22-12-7-10(3)13(11(4)8-12)14-15(16(17)21)19-20-18-14/h7-9H,5-6H2,1-4H3,(H2,17,21)(H,18,19,20). The summed E-state index contributed by atoms with van der Waals surface area (Å²) in [6.45, 7) is 8.93. The summed E-state index contributed by atoms with van der Waals surface area (Å²) in [4.78, 5) is 11.4. The Balaban J connectivity index is 2.31. The smallest absolute Gasteiger partial charge is 0.271 e. The quantitative estimate of drug-likeness (QED) is 0.857. The Kier molecular flexibility index (Phi) is 4.80. The molecule has 0 bridgehead atoms. The fourth-order valence-corrected chi connectivity index (χ4v) is 2.37. The molecule has 118 valence electrons. The molecular weight excluding hydrogens is 280 g/mol. The molecule has 0 atom stereocenters. The van der Waals surface area contributed by atoms with Crippen LogP contribution in [-0.4, -0.2) is 27.9 Å². The van der Waals surface area contributed by atoms with E-state index in [4.69, 9.17) is 10.5 Å². The molecule has 6 heteroatoms. The van der Waals surface area contributed by atoms with Crippen LogP contribution < -0.4 is 10.5 Å². The summed E-state index contributed by atoms with van der Waals surface area (Å²) in [5.74, 6) is 0.832. The number of ether oxygens (including phenoxy) is 1. The SMILES string of the molecule is Cc1cc(OCCC(C)C)cc(C)c1-c1n[nH]nc1C(N)=O. The highest BCUT2D eigenvalue weighted by atomic mass is 16.5. The number of amides is 1. The highest BCUT2D eigenvalue weighted by Gasteiger charge is 2.19. The van der Waals surface area contributed by atoms with E-state index in [1.54, 1.807) is 0 Å². The Morgan fingerprint density at radius 2 is 1.91 bits per heavy atom. The number of H-pyrrole nitrogens is 1. The third kappa shape index (κ3) is 3.44. The van der Waals surface area contributed by atoms with Crippen molar-refractivity contribution >= 4 is 5.91 Å². The monoisotopic (exact) mass is 302 g/mol. The maximum Gasteiger partial charge on any atom is 0.271 e. The molecule has 3 N–H and O–H groups in total. The zero-order valence-corrected chi connectivity index (χ0v) is 13.4. The van der Waals surface area contributed by atoms with Gasteiger partial charge in [0.05, 0.1) is 6.61 Å². The molecular formula is C16H22N4O2. The number of rotatable bonds is 6. The van der Waals surface area contributed by atoms with Gasteiger partial charge in [0.1, 0.15) is 11.4 Å². The van der Waals surface area contributed by atoms with Gasteiger partial charge in [-0.25, -0.2) is 0 Å². The van der Waals surface area contributed by atoms with Gasteiger partial charge in [-0.3, -0.25) is 4.79 Å². The number of hydrogen-bond donors (Lipinski definition) is 2. The van der Waals surface area contributed by atoms with Crippen LogP contribution in [0.25, 0.3) is 11.3 Å². The lowest BCUT2D eigenvalue weighted by molar-refractivity contribution is 0.0996. The number of nitrogens with two attached hydrogens (primary N) is 1. The number of nitrogens with one attached hydrogen (secondary N) is 1. The van der Waals surface area contributed by atoms with Gasteiger partial charge in [0.25, 0.3) is 5.91 Å². The number of carbonyl (C=O) groups is 1. The molecule has 0 fully saturated rings. The van der Waals surface area contributed by atoms with Gasteiger partial charge < -0.3 is 10.5 Å². The Hall–Kier alpha value is -2.37. The predicted molar refractivity (Wildman–Crippen MR) is 84.8 cm³/mol. The van der Waals surface area contributed by atoms with E-state index in [1.807, 2.05) is 26.0 Å². The number of nitrogens with zero attached hydrogens (tertiary/aromatic N) is 2. The molecule has 0 saturated carbocycles. The summed E-state index contributed by atoms with van der Waals surface area (Å²) in [5.41, 5.74) is 8.77. The first-order chi connectivity index (χ1) is 10.4. The summed E-state index contributed by atoms with van der Waals surface area (Å²) in [6.07, 6.45) is 1.01. The second-order valence-electron chi connectivity index (χ2n) is 5.85. The molecule has 6 nitrogen and oxygen atoms in total. The van der Waals surface area contributed by atoms with Crippen molar-refractivity contribution in [3.8, 4) is 17.0 Å². The Bertz CT molecular complexity index is 654. The van der Waals surface area contributed by atoms with Crippen molar-refractivity contribution in [3.05, 3.63) is 29.0 Å². The zero-order valence-electron chi connectivity index (χ0n) is 13.4. The van der Waals surface area contributed by atoms with Crippen LogP contribution in [0.15, 0.2) is 12.1 Å². The van der Waals surface area contributed by atoms with Crippen LogP contribution >= 0.6 is 0 Å². The number of hydrogen-bond acceptors (Lipinski definition) is 4. The first kappa shape index (κ1) is 16.0. The van der Waals surface area contributed by atoms with E-state index in [0.717, 1.165) is 28.9 Å². The number of aromatic amines is 1. The zero-order chi connectivity index (χ0) is 16.3. The minimum absolute atomic E-state index is 0.152. The van der Waals surface area contributed by atoms with Crippen molar-refractivity contribution in [1.29, 1.82) is 0 Å². The van der Waals surface area contributed by atoms with E-state index in [2.05, 4.69) is 29.3 Å². The maximum atomic E-state index is 11.4. The van der Waals surface area contributed by atoms with Crippen molar-refractivity contribution in [2.75, 3.05) is 6.61 Å². The van der Waals surface area contributed by atoms with Crippen molar-refractivity contribution < 1.29 is 9.53 Å². The topological polar surface area (TPSA) is 93.9 Å². The normalized spacial score (nSPS) is 11.0. The summed E-state index contributed by atoms with van der Waals surface area (Å²) >= 11 is 0. The molecule has 0 saturated heterocycles. The summed E-state index contributed by atoms with van der Waals surface area (Å²) < 4.78 is 5.79. The predicted octanol–water partition coefficient (Wildman–Crippen LogP) is 2.61. The molecule has 0 aliphatic heterocycles. The number of carbonyl (C=O) groups excluding carboxylic acids is 1. The van der Waals surface area contributed by atoms with Crippen molar-refractivity contribution in [3.63, 3.8) is 0 Å². The number of benzene rings is 1. The Labute approximate surface area is 130 Å². The molecule has 1 aromatic heterocycles. The molecule has 0 radical (unpaired) electrons. The fourth-order valence-electron chi connectivity index (χ4n) is 2.37. The Morgan fingerprint density at radius 1 is 1.27 bits per heavy atom. The van der Waals surface area contributed by atoms with Gasteiger partial charge in [-0.2, -0.15) is 15.4 Å². The molecule has 0 aliphatic carbocycles. The fraction of sp³-hybridized carbons (Fsp3) is 0.438. The van der Waals surface area contributed by atoms with Gasteiger partial charge >= 0.3 is 0 Å². The van der Waals surface area contributed by atoms with Crippen LogP contribution in [0.4, 0.5) is 0 Å². The van der Waals surface area contributed by atoms with Gasteiger partial charge in [-0.05, 0) is 49.4 Å².